The Kier molecular flexibility index (Phi) is 3.89. The summed E-state index contributed by atoms with van der Waals surface area (Å²) >= 11 is 1.34. The average Bonchev–Trinajstić information content (AvgIpc) is 2.75. The highest BCUT2D eigenvalue weighted by Gasteiger charge is 2.27. The lowest BCUT2D eigenvalue weighted by atomic mass is 10.3. The Morgan fingerprint density at radius 3 is 2.74 bits per heavy atom. The normalized spacial score (nSPS) is 11.5. The summed E-state index contributed by atoms with van der Waals surface area (Å²) in [5.74, 6) is -0.725. The van der Waals surface area contributed by atoms with Crippen LogP contribution in [0.1, 0.15) is 0 Å². The average molecular weight is 289 g/mol. The number of hydrogen-bond acceptors (Lipinski definition) is 4. The lowest BCUT2D eigenvalue weighted by Crippen LogP contribution is -2.37. The van der Waals surface area contributed by atoms with Crippen molar-refractivity contribution in [3.8, 4) is 0 Å². The number of amides is 1. The molecule has 1 aromatic heterocycles. The number of nitrogens with one attached hydrogen (secondary N) is 2. The van der Waals surface area contributed by atoms with Crippen molar-refractivity contribution in [2.75, 3.05) is 18.4 Å². The highest BCUT2D eigenvalue weighted by atomic mass is 32.1. The number of aromatic nitrogens is 1. The molecule has 0 atom stereocenters. The van der Waals surface area contributed by atoms with E-state index in [1.165, 1.54) is 11.3 Å². The monoisotopic (exact) mass is 289 g/mol. The number of benzene rings is 1. The lowest BCUT2D eigenvalue weighted by molar-refractivity contribution is -0.137. The number of thiazole rings is 1. The van der Waals surface area contributed by atoms with Crippen molar-refractivity contribution in [1.29, 1.82) is 0 Å². The summed E-state index contributed by atoms with van der Waals surface area (Å²) in [7, 11) is 0. The maximum Gasteiger partial charge on any atom is 0.405 e. The van der Waals surface area contributed by atoms with Crippen molar-refractivity contribution in [1.82, 2.24) is 10.3 Å². The zero-order valence-corrected chi connectivity index (χ0v) is 10.4. The van der Waals surface area contributed by atoms with Crippen LogP contribution in [0.3, 0.4) is 0 Å². The molecule has 0 aliphatic heterocycles. The molecular formula is C11H10F3N3OS. The molecule has 2 N–H and O–H groups in total. The minimum absolute atomic E-state index is 0.240. The van der Waals surface area contributed by atoms with Crippen molar-refractivity contribution in [3.63, 3.8) is 0 Å². The van der Waals surface area contributed by atoms with E-state index in [4.69, 9.17) is 0 Å². The molecule has 2 rings (SSSR count). The van der Waals surface area contributed by atoms with Crippen LogP contribution in [0, 0.1) is 0 Å². The van der Waals surface area contributed by atoms with E-state index >= 15 is 0 Å². The second-order valence-corrected chi connectivity index (χ2v) is 4.76. The zero-order chi connectivity index (χ0) is 13.9. The highest BCUT2D eigenvalue weighted by Crippen LogP contribution is 2.24. The zero-order valence-electron chi connectivity index (χ0n) is 9.62. The number of alkyl halides is 3. The molecule has 1 amide bonds. The van der Waals surface area contributed by atoms with Gasteiger partial charge in [0.15, 0.2) is 5.13 Å². The van der Waals surface area contributed by atoms with Crippen LogP contribution in [0.2, 0.25) is 0 Å². The van der Waals surface area contributed by atoms with Gasteiger partial charge in [-0.2, -0.15) is 13.2 Å². The molecule has 0 bridgehead atoms. The smallest absolute Gasteiger partial charge is 0.352 e. The predicted octanol–water partition coefficient (Wildman–Crippen LogP) is 2.39. The number of para-hydroxylation sites is 1. The van der Waals surface area contributed by atoms with Crippen molar-refractivity contribution in [2.45, 2.75) is 6.18 Å². The standard InChI is InChI=1S/C11H10F3N3OS/c12-11(13,14)6-16-9(18)5-15-10-17-7-3-1-2-4-8(7)19-10/h1-4H,5-6H2,(H,15,17)(H,16,18). The Hall–Kier alpha value is -1.83. The van der Waals surface area contributed by atoms with Crippen molar-refractivity contribution < 1.29 is 18.0 Å². The van der Waals surface area contributed by atoms with E-state index in [9.17, 15) is 18.0 Å². The first-order valence-electron chi connectivity index (χ1n) is 5.37. The highest BCUT2D eigenvalue weighted by molar-refractivity contribution is 7.22. The molecule has 0 aliphatic carbocycles. The Balaban J connectivity index is 1.86. The molecule has 0 saturated carbocycles. The Labute approximate surface area is 110 Å². The predicted molar refractivity (Wildman–Crippen MR) is 67.2 cm³/mol. The summed E-state index contributed by atoms with van der Waals surface area (Å²) in [6.45, 7) is -1.57. The van der Waals surface area contributed by atoms with Gasteiger partial charge in [0.1, 0.15) is 6.54 Å². The first-order chi connectivity index (χ1) is 8.94. The third-order valence-electron chi connectivity index (χ3n) is 2.18. The molecule has 1 heterocycles. The molecule has 102 valence electrons. The van der Waals surface area contributed by atoms with Crippen LogP contribution in [0.25, 0.3) is 10.2 Å². The Bertz CT molecular complexity index is 549. The van der Waals surface area contributed by atoms with Gasteiger partial charge in [-0.15, -0.1) is 0 Å². The second kappa shape index (κ2) is 5.43. The fourth-order valence-electron chi connectivity index (χ4n) is 1.37. The molecule has 4 nitrogen and oxygen atoms in total. The van der Waals surface area contributed by atoms with Gasteiger partial charge < -0.3 is 10.6 Å². The number of carbonyl (C=O) groups excluding carboxylic acids is 1. The summed E-state index contributed by atoms with van der Waals surface area (Å²) < 4.78 is 36.6. The molecule has 1 aromatic carbocycles. The molecule has 0 radical (unpaired) electrons. The van der Waals surface area contributed by atoms with E-state index in [1.807, 2.05) is 24.3 Å². The number of fused-ring (bicyclic) bond motifs is 1. The van der Waals surface area contributed by atoms with Gasteiger partial charge in [0, 0.05) is 0 Å². The summed E-state index contributed by atoms with van der Waals surface area (Å²) in [5, 5.41) is 4.98. The van der Waals surface area contributed by atoms with Crippen molar-refractivity contribution >= 4 is 32.6 Å². The van der Waals surface area contributed by atoms with Crippen LogP contribution in [0.4, 0.5) is 18.3 Å². The molecule has 0 spiro atoms. The van der Waals surface area contributed by atoms with Gasteiger partial charge in [0.05, 0.1) is 16.8 Å². The number of anilines is 1. The van der Waals surface area contributed by atoms with Gasteiger partial charge >= 0.3 is 6.18 Å². The first kappa shape index (κ1) is 13.6. The number of carbonyl (C=O) groups is 1. The van der Waals surface area contributed by atoms with Crippen LogP contribution in [0.5, 0.6) is 0 Å². The van der Waals surface area contributed by atoms with Gasteiger partial charge in [0.25, 0.3) is 0 Å². The number of nitrogens with zero attached hydrogens (tertiary/aromatic N) is 1. The molecule has 0 saturated heterocycles. The Morgan fingerprint density at radius 1 is 1.32 bits per heavy atom. The Morgan fingerprint density at radius 2 is 2.05 bits per heavy atom. The SMILES string of the molecule is O=C(CNc1nc2ccccc2s1)NCC(F)(F)F. The summed E-state index contributed by atoms with van der Waals surface area (Å²) in [4.78, 5) is 15.4. The van der Waals surface area contributed by atoms with Crippen LogP contribution in [0.15, 0.2) is 24.3 Å². The van der Waals surface area contributed by atoms with Gasteiger partial charge in [-0.3, -0.25) is 4.79 Å². The van der Waals surface area contributed by atoms with E-state index in [1.54, 1.807) is 5.32 Å². The topological polar surface area (TPSA) is 54.0 Å². The third-order valence-corrected chi connectivity index (χ3v) is 3.17. The number of hydrogen-bond donors (Lipinski definition) is 2. The van der Waals surface area contributed by atoms with E-state index in [2.05, 4.69) is 10.3 Å². The lowest BCUT2D eigenvalue weighted by Gasteiger charge is -2.08. The minimum atomic E-state index is -4.40. The summed E-state index contributed by atoms with van der Waals surface area (Å²) in [5.41, 5.74) is 0.783. The van der Waals surface area contributed by atoms with E-state index in [-0.39, 0.29) is 6.54 Å². The molecule has 0 aliphatic rings. The van der Waals surface area contributed by atoms with E-state index < -0.39 is 18.6 Å². The number of halogens is 3. The first-order valence-corrected chi connectivity index (χ1v) is 6.18. The summed E-state index contributed by atoms with van der Waals surface area (Å²) in [6.07, 6.45) is -4.40. The van der Waals surface area contributed by atoms with Crippen molar-refractivity contribution in [2.24, 2.45) is 0 Å². The van der Waals surface area contributed by atoms with Gasteiger partial charge in [-0.1, -0.05) is 23.5 Å². The molecular weight excluding hydrogens is 279 g/mol. The molecule has 8 heteroatoms. The third kappa shape index (κ3) is 4.09. The van der Waals surface area contributed by atoms with Gasteiger partial charge in [0.2, 0.25) is 5.91 Å². The van der Waals surface area contributed by atoms with Gasteiger partial charge in [-0.25, -0.2) is 4.98 Å². The maximum atomic E-state index is 11.9. The molecule has 2 aromatic rings. The van der Waals surface area contributed by atoms with E-state index in [0.29, 0.717) is 5.13 Å². The van der Waals surface area contributed by atoms with Crippen LogP contribution in [-0.4, -0.2) is 30.2 Å². The minimum Gasteiger partial charge on any atom is -0.352 e. The van der Waals surface area contributed by atoms with Gasteiger partial charge in [-0.05, 0) is 12.1 Å². The van der Waals surface area contributed by atoms with Crippen LogP contribution >= 0.6 is 11.3 Å². The largest absolute Gasteiger partial charge is 0.405 e. The van der Waals surface area contributed by atoms with Crippen LogP contribution < -0.4 is 10.6 Å². The molecule has 19 heavy (non-hydrogen) atoms. The fourth-order valence-corrected chi connectivity index (χ4v) is 2.23. The quantitative estimate of drug-likeness (QED) is 0.908. The van der Waals surface area contributed by atoms with E-state index in [0.717, 1.165) is 10.2 Å². The van der Waals surface area contributed by atoms with Crippen molar-refractivity contribution in [3.05, 3.63) is 24.3 Å². The maximum absolute atomic E-state index is 11.9. The second-order valence-electron chi connectivity index (χ2n) is 3.73. The number of rotatable bonds is 4. The van der Waals surface area contributed by atoms with Crippen LogP contribution in [-0.2, 0) is 4.79 Å². The fraction of sp³-hybridized carbons (Fsp3) is 0.273. The molecule has 0 unspecified atom stereocenters. The summed E-state index contributed by atoms with van der Waals surface area (Å²) in [6, 6.07) is 7.39. The molecule has 0 fully saturated rings.